The quantitative estimate of drug-likeness (QED) is 0.714. The van der Waals surface area contributed by atoms with Crippen molar-refractivity contribution in [2.45, 2.75) is 45.8 Å². The molecule has 0 aromatic heterocycles. The molecule has 2 N–H and O–H groups in total. The van der Waals surface area contributed by atoms with E-state index in [2.05, 4.69) is 26.6 Å². The first-order valence-electron chi connectivity index (χ1n) is 7.80. The molecule has 0 aliphatic heterocycles. The summed E-state index contributed by atoms with van der Waals surface area (Å²) in [6.45, 7) is 9.01. The molecule has 7 heteroatoms. The maximum Gasteiger partial charge on any atom is 0.407 e. The summed E-state index contributed by atoms with van der Waals surface area (Å²) in [5.41, 5.74) is -0.989. The molecule has 0 atom stereocenters. The van der Waals surface area contributed by atoms with Gasteiger partial charge in [-0.1, -0.05) is 15.9 Å². The summed E-state index contributed by atoms with van der Waals surface area (Å²) in [6.07, 6.45) is 2.09. The zero-order chi connectivity index (χ0) is 19.3. The van der Waals surface area contributed by atoms with Gasteiger partial charge in [-0.25, -0.2) is 9.18 Å². The van der Waals surface area contributed by atoms with Crippen molar-refractivity contribution >= 4 is 34.0 Å². The highest BCUT2D eigenvalue weighted by Crippen LogP contribution is 2.16. The number of carbonyl (C=O) groups excluding carboxylic acids is 2. The Morgan fingerprint density at radius 2 is 1.88 bits per heavy atom. The molecule has 2 amide bonds. The number of nitrogens with one attached hydrogen (secondary N) is 2. The Hall–Kier alpha value is -1.89. The largest absolute Gasteiger partial charge is 0.444 e. The van der Waals surface area contributed by atoms with E-state index < -0.39 is 29.0 Å². The molecule has 0 saturated heterocycles. The van der Waals surface area contributed by atoms with Gasteiger partial charge in [0.15, 0.2) is 0 Å². The van der Waals surface area contributed by atoms with E-state index in [9.17, 15) is 14.0 Å². The lowest BCUT2D eigenvalue weighted by Crippen LogP contribution is -2.51. The third-order valence-corrected chi connectivity index (χ3v) is 3.40. The van der Waals surface area contributed by atoms with Crippen LogP contribution in [0.2, 0.25) is 0 Å². The van der Waals surface area contributed by atoms with Crippen LogP contribution in [0.5, 0.6) is 0 Å². The topological polar surface area (TPSA) is 67.4 Å². The van der Waals surface area contributed by atoms with Crippen molar-refractivity contribution in [1.29, 1.82) is 0 Å². The lowest BCUT2D eigenvalue weighted by molar-refractivity contribution is -0.117. The van der Waals surface area contributed by atoms with E-state index >= 15 is 0 Å². The number of benzene rings is 1. The van der Waals surface area contributed by atoms with Gasteiger partial charge in [-0.15, -0.1) is 0 Å². The lowest BCUT2D eigenvalue weighted by atomic mass is 10.1. The van der Waals surface area contributed by atoms with Gasteiger partial charge in [0.05, 0.1) is 5.54 Å². The number of alkyl carbamates (subject to hydrolysis) is 1. The number of amides is 2. The van der Waals surface area contributed by atoms with Crippen LogP contribution in [-0.4, -0.2) is 29.7 Å². The van der Waals surface area contributed by atoms with E-state index in [1.54, 1.807) is 46.8 Å². The molecule has 0 aliphatic carbocycles. The second-order valence-electron chi connectivity index (χ2n) is 7.23. The second kappa shape index (κ2) is 8.47. The second-order valence-corrected chi connectivity index (χ2v) is 8.14. The van der Waals surface area contributed by atoms with Crippen molar-refractivity contribution < 1.29 is 18.7 Å². The molecule has 0 heterocycles. The Labute approximate surface area is 156 Å². The van der Waals surface area contributed by atoms with Crippen molar-refractivity contribution in [3.63, 3.8) is 0 Å². The summed E-state index contributed by atoms with van der Waals surface area (Å²) in [4.78, 5) is 23.7. The van der Waals surface area contributed by atoms with Crippen LogP contribution in [0, 0.1) is 5.82 Å². The lowest BCUT2D eigenvalue weighted by Gasteiger charge is -2.27. The minimum atomic E-state index is -0.700. The first kappa shape index (κ1) is 21.2. The molecule has 0 bridgehead atoms. The molecular weight excluding hydrogens is 391 g/mol. The summed E-state index contributed by atoms with van der Waals surface area (Å²) in [7, 11) is 0. The molecule has 0 fully saturated rings. The van der Waals surface area contributed by atoms with Crippen molar-refractivity contribution in [3.05, 3.63) is 40.1 Å². The molecule has 1 rings (SSSR count). The van der Waals surface area contributed by atoms with Gasteiger partial charge in [0.1, 0.15) is 11.4 Å². The normalized spacial score (nSPS) is 12.1. The number of carbonyl (C=O) groups is 2. The molecule has 0 radical (unpaired) electrons. The first-order valence-corrected chi connectivity index (χ1v) is 8.59. The molecule has 1 aromatic carbocycles. The summed E-state index contributed by atoms with van der Waals surface area (Å²) in [5, 5.41) is 5.36. The minimum absolute atomic E-state index is 0.187. The monoisotopic (exact) mass is 414 g/mol. The molecular formula is C18H24BrFN2O3. The minimum Gasteiger partial charge on any atom is -0.444 e. The van der Waals surface area contributed by atoms with Crippen LogP contribution in [0.25, 0.3) is 6.08 Å². The van der Waals surface area contributed by atoms with E-state index in [0.717, 1.165) is 4.47 Å². The maximum atomic E-state index is 13.6. The highest BCUT2D eigenvalue weighted by molar-refractivity contribution is 9.10. The molecule has 0 spiro atoms. The number of rotatable bonds is 5. The van der Waals surface area contributed by atoms with Crippen LogP contribution in [-0.2, 0) is 9.53 Å². The highest BCUT2D eigenvalue weighted by Gasteiger charge is 2.22. The third-order valence-electron chi connectivity index (χ3n) is 2.91. The maximum absolute atomic E-state index is 13.6. The van der Waals surface area contributed by atoms with E-state index in [0.29, 0.717) is 5.56 Å². The average Bonchev–Trinajstić information content (AvgIpc) is 2.44. The fraction of sp³-hybridized carbons (Fsp3) is 0.444. The van der Waals surface area contributed by atoms with Gasteiger partial charge in [-0.05, 0) is 58.9 Å². The number of hydrogen-bond acceptors (Lipinski definition) is 3. The van der Waals surface area contributed by atoms with Crippen molar-refractivity contribution in [3.8, 4) is 0 Å². The summed E-state index contributed by atoms with van der Waals surface area (Å²) < 4.78 is 19.5. The molecule has 0 unspecified atom stereocenters. The van der Waals surface area contributed by atoms with Crippen molar-refractivity contribution in [1.82, 2.24) is 10.6 Å². The summed E-state index contributed by atoms with van der Waals surface area (Å²) >= 11 is 3.25. The van der Waals surface area contributed by atoms with Gasteiger partial charge in [0.2, 0.25) is 5.91 Å². The fourth-order valence-electron chi connectivity index (χ4n) is 1.83. The Morgan fingerprint density at radius 1 is 1.24 bits per heavy atom. The first-order chi connectivity index (χ1) is 11.4. The van der Waals surface area contributed by atoms with Gasteiger partial charge >= 0.3 is 6.09 Å². The van der Waals surface area contributed by atoms with Crippen molar-refractivity contribution in [2.24, 2.45) is 0 Å². The van der Waals surface area contributed by atoms with Crippen LogP contribution in [0.15, 0.2) is 28.7 Å². The Kier molecular flexibility index (Phi) is 7.17. The van der Waals surface area contributed by atoms with Gasteiger partial charge < -0.3 is 15.4 Å². The van der Waals surface area contributed by atoms with E-state index in [1.165, 1.54) is 18.2 Å². The highest BCUT2D eigenvalue weighted by atomic mass is 79.9. The van der Waals surface area contributed by atoms with Crippen LogP contribution in [0.4, 0.5) is 9.18 Å². The molecule has 1 aromatic rings. The summed E-state index contributed by atoms with van der Waals surface area (Å²) in [5.74, 6) is -0.812. The molecule has 25 heavy (non-hydrogen) atoms. The summed E-state index contributed by atoms with van der Waals surface area (Å²) in [6, 6.07) is 4.48. The van der Waals surface area contributed by atoms with Gasteiger partial charge in [-0.3, -0.25) is 4.79 Å². The Morgan fingerprint density at radius 3 is 2.48 bits per heavy atom. The van der Waals surface area contributed by atoms with E-state index in [-0.39, 0.29) is 6.54 Å². The van der Waals surface area contributed by atoms with Crippen LogP contribution < -0.4 is 10.6 Å². The molecule has 138 valence electrons. The predicted molar refractivity (Wildman–Crippen MR) is 99.6 cm³/mol. The average molecular weight is 415 g/mol. The Bertz CT molecular complexity index is 667. The van der Waals surface area contributed by atoms with Crippen LogP contribution >= 0.6 is 15.9 Å². The van der Waals surface area contributed by atoms with Gasteiger partial charge in [0.25, 0.3) is 0 Å². The molecule has 0 saturated carbocycles. The molecule has 5 nitrogen and oxygen atoms in total. The van der Waals surface area contributed by atoms with Crippen LogP contribution in [0.1, 0.15) is 40.2 Å². The van der Waals surface area contributed by atoms with Crippen molar-refractivity contribution in [2.75, 3.05) is 6.54 Å². The zero-order valence-electron chi connectivity index (χ0n) is 15.1. The number of hydrogen-bond donors (Lipinski definition) is 2. The fourth-order valence-corrected chi connectivity index (χ4v) is 2.21. The number of ether oxygens (including phenoxy) is 1. The zero-order valence-corrected chi connectivity index (χ0v) is 16.7. The van der Waals surface area contributed by atoms with Crippen LogP contribution in [0.3, 0.4) is 0 Å². The standard InChI is InChI=1S/C18H24BrFN2O3/c1-17(2,3)25-16(24)21-11-18(4,5)22-15(23)9-6-12-10-13(19)7-8-14(12)20/h6-10H,11H2,1-5H3,(H,21,24)(H,22,23)/b9-6+. The Balaban J connectivity index is 2.58. The van der Waals surface area contributed by atoms with Gasteiger partial charge in [0, 0.05) is 22.7 Å². The molecule has 0 aliphatic rings. The predicted octanol–water partition coefficient (Wildman–Crippen LogP) is 4.02. The van der Waals surface area contributed by atoms with E-state index in [4.69, 9.17) is 4.74 Å². The smallest absolute Gasteiger partial charge is 0.407 e. The van der Waals surface area contributed by atoms with Gasteiger partial charge in [-0.2, -0.15) is 0 Å². The third kappa shape index (κ3) is 8.67. The number of halogens is 2. The van der Waals surface area contributed by atoms with E-state index in [1.807, 2.05) is 0 Å². The SMILES string of the molecule is CC(C)(CNC(=O)OC(C)(C)C)NC(=O)/C=C/c1cc(Br)ccc1F.